The van der Waals surface area contributed by atoms with Gasteiger partial charge >= 0.3 is 0 Å². The van der Waals surface area contributed by atoms with Crippen LogP contribution in [0.15, 0.2) is 42.6 Å². The summed E-state index contributed by atoms with van der Waals surface area (Å²) in [4.78, 5) is 29.2. The molecule has 0 bridgehead atoms. The van der Waals surface area contributed by atoms with E-state index in [1.54, 1.807) is 13.1 Å². The molecule has 2 amide bonds. The van der Waals surface area contributed by atoms with Gasteiger partial charge in [-0.2, -0.15) is 5.10 Å². The molecule has 0 aliphatic carbocycles. The SMILES string of the molecule is C[C@H](NC(=O)[C@H]1C[C@H](c2ccccc2)CN1)C(=O)NCc1cnc2n[nH]c(Cl)c2c1.Cl.Cl. The van der Waals surface area contributed by atoms with Crippen molar-refractivity contribution in [2.45, 2.75) is 37.9 Å². The average Bonchev–Trinajstić information content (AvgIpc) is 3.40. The number of halogens is 3. The van der Waals surface area contributed by atoms with Crippen molar-refractivity contribution in [1.82, 2.24) is 31.1 Å². The summed E-state index contributed by atoms with van der Waals surface area (Å²) in [7, 11) is 0. The number of nitrogens with one attached hydrogen (secondary N) is 4. The summed E-state index contributed by atoms with van der Waals surface area (Å²) in [6.45, 7) is 2.70. The maximum absolute atomic E-state index is 12.6. The minimum Gasteiger partial charge on any atom is -0.350 e. The predicted molar refractivity (Wildman–Crippen MR) is 128 cm³/mol. The highest BCUT2D eigenvalue weighted by Gasteiger charge is 2.31. The van der Waals surface area contributed by atoms with E-state index in [1.807, 2.05) is 24.3 Å². The van der Waals surface area contributed by atoms with Gasteiger partial charge in [-0.1, -0.05) is 41.9 Å². The Bertz CT molecular complexity index is 1060. The van der Waals surface area contributed by atoms with Gasteiger partial charge < -0.3 is 16.0 Å². The van der Waals surface area contributed by atoms with E-state index in [2.05, 4.69) is 43.3 Å². The lowest BCUT2D eigenvalue weighted by Gasteiger charge is -2.17. The van der Waals surface area contributed by atoms with E-state index in [4.69, 9.17) is 11.6 Å². The number of benzene rings is 1. The number of pyridine rings is 1. The Kier molecular flexibility index (Phi) is 9.27. The summed E-state index contributed by atoms with van der Waals surface area (Å²) in [6.07, 6.45) is 2.34. The zero-order valence-corrected chi connectivity index (χ0v) is 19.7. The molecular weight excluding hydrogens is 475 g/mol. The monoisotopic (exact) mass is 498 g/mol. The summed E-state index contributed by atoms with van der Waals surface area (Å²) in [6, 6.07) is 11.0. The third-order valence-corrected chi connectivity index (χ3v) is 5.64. The largest absolute Gasteiger partial charge is 0.350 e. The molecule has 3 heterocycles. The highest BCUT2D eigenvalue weighted by Crippen LogP contribution is 2.25. The molecule has 1 aromatic carbocycles. The van der Waals surface area contributed by atoms with Crippen molar-refractivity contribution in [3.05, 3.63) is 58.9 Å². The number of rotatable bonds is 6. The van der Waals surface area contributed by atoms with Crippen molar-refractivity contribution in [3.8, 4) is 0 Å². The number of H-pyrrole nitrogens is 1. The minimum absolute atomic E-state index is 0. The molecule has 11 heteroatoms. The van der Waals surface area contributed by atoms with E-state index in [0.717, 1.165) is 12.1 Å². The van der Waals surface area contributed by atoms with Gasteiger partial charge in [0.15, 0.2) is 5.65 Å². The van der Waals surface area contributed by atoms with Gasteiger partial charge in [0.2, 0.25) is 11.8 Å². The first-order valence-electron chi connectivity index (χ1n) is 9.86. The molecule has 0 spiro atoms. The van der Waals surface area contributed by atoms with Crippen LogP contribution in [-0.4, -0.2) is 45.6 Å². The number of nitrogens with zero attached hydrogens (tertiary/aromatic N) is 2. The molecule has 1 saturated heterocycles. The van der Waals surface area contributed by atoms with Crippen LogP contribution in [0.4, 0.5) is 0 Å². The smallest absolute Gasteiger partial charge is 0.242 e. The van der Waals surface area contributed by atoms with Crippen molar-refractivity contribution < 1.29 is 9.59 Å². The fourth-order valence-electron chi connectivity index (χ4n) is 3.65. The lowest BCUT2D eigenvalue weighted by molar-refractivity contribution is -0.129. The van der Waals surface area contributed by atoms with Crippen molar-refractivity contribution in [1.29, 1.82) is 0 Å². The van der Waals surface area contributed by atoms with Crippen LogP contribution in [0.5, 0.6) is 0 Å². The first-order chi connectivity index (χ1) is 14.5. The van der Waals surface area contributed by atoms with Crippen molar-refractivity contribution in [3.63, 3.8) is 0 Å². The van der Waals surface area contributed by atoms with Crippen molar-refractivity contribution >= 4 is 59.3 Å². The van der Waals surface area contributed by atoms with Crippen LogP contribution < -0.4 is 16.0 Å². The Morgan fingerprint density at radius 1 is 1.25 bits per heavy atom. The fourth-order valence-corrected chi connectivity index (χ4v) is 3.83. The van der Waals surface area contributed by atoms with Crippen LogP contribution in [0.25, 0.3) is 11.0 Å². The van der Waals surface area contributed by atoms with Crippen molar-refractivity contribution in [2.75, 3.05) is 6.54 Å². The number of hydrogen-bond donors (Lipinski definition) is 4. The number of hydrogen-bond acceptors (Lipinski definition) is 5. The summed E-state index contributed by atoms with van der Waals surface area (Å²) in [5, 5.41) is 16.6. The van der Waals surface area contributed by atoms with Gasteiger partial charge in [-0.25, -0.2) is 4.98 Å². The molecule has 32 heavy (non-hydrogen) atoms. The first kappa shape index (κ1) is 25.9. The maximum Gasteiger partial charge on any atom is 0.242 e. The minimum atomic E-state index is -0.649. The quantitative estimate of drug-likeness (QED) is 0.417. The topological polar surface area (TPSA) is 112 Å². The zero-order chi connectivity index (χ0) is 21.1. The van der Waals surface area contributed by atoms with Crippen LogP contribution in [0.2, 0.25) is 5.15 Å². The summed E-state index contributed by atoms with van der Waals surface area (Å²) in [5.74, 6) is -0.132. The second kappa shape index (κ2) is 11.5. The van der Waals surface area contributed by atoms with E-state index in [9.17, 15) is 9.59 Å². The molecule has 1 aliphatic heterocycles. The normalized spacial score (nSPS) is 18.3. The van der Waals surface area contributed by atoms with Gasteiger partial charge in [0.25, 0.3) is 0 Å². The lowest BCUT2D eigenvalue weighted by atomic mass is 9.96. The van der Waals surface area contributed by atoms with E-state index >= 15 is 0 Å². The molecule has 2 aromatic heterocycles. The second-order valence-corrected chi connectivity index (χ2v) is 7.88. The Labute approximate surface area is 203 Å². The summed E-state index contributed by atoms with van der Waals surface area (Å²) >= 11 is 6.03. The lowest BCUT2D eigenvalue weighted by Crippen LogP contribution is -2.49. The first-order valence-corrected chi connectivity index (χ1v) is 10.2. The van der Waals surface area contributed by atoms with Crippen LogP contribution in [0, 0.1) is 0 Å². The van der Waals surface area contributed by atoms with E-state index in [-0.39, 0.29) is 49.2 Å². The van der Waals surface area contributed by atoms with Gasteiger partial charge in [0, 0.05) is 19.3 Å². The highest BCUT2D eigenvalue weighted by molar-refractivity contribution is 6.34. The van der Waals surface area contributed by atoms with Crippen LogP contribution >= 0.6 is 36.4 Å². The number of aromatic amines is 1. The van der Waals surface area contributed by atoms with Crippen molar-refractivity contribution in [2.24, 2.45) is 0 Å². The van der Waals surface area contributed by atoms with E-state index in [0.29, 0.717) is 28.5 Å². The van der Waals surface area contributed by atoms with Gasteiger partial charge in [-0.3, -0.25) is 14.7 Å². The molecule has 8 nitrogen and oxygen atoms in total. The van der Waals surface area contributed by atoms with Gasteiger partial charge in [0.1, 0.15) is 11.2 Å². The number of carbonyl (C=O) groups excluding carboxylic acids is 2. The van der Waals surface area contributed by atoms with Crippen LogP contribution in [-0.2, 0) is 16.1 Å². The van der Waals surface area contributed by atoms with E-state index < -0.39 is 6.04 Å². The third kappa shape index (κ3) is 5.89. The van der Waals surface area contributed by atoms with Gasteiger partial charge in [0.05, 0.1) is 11.4 Å². The maximum atomic E-state index is 12.6. The molecule has 0 saturated carbocycles. The summed E-state index contributed by atoms with van der Waals surface area (Å²) in [5.41, 5.74) is 2.53. The fraction of sp³-hybridized carbons (Fsp3) is 0.333. The average molecular weight is 500 g/mol. The zero-order valence-electron chi connectivity index (χ0n) is 17.3. The van der Waals surface area contributed by atoms with E-state index in [1.165, 1.54) is 5.56 Å². The second-order valence-electron chi connectivity index (χ2n) is 7.50. The summed E-state index contributed by atoms with van der Waals surface area (Å²) < 4.78 is 0. The van der Waals surface area contributed by atoms with Crippen LogP contribution in [0.3, 0.4) is 0 Å². The number of carbonyl (C=O) groups is 2. The molecule has 1 fully saturated rings. The standard InChI is InChI=1S/C21H23ClN6O2.2ClH/c1-12(20(29)25-10-13-7-16-18(22)27-28-19(16)24-9-13)26-21(30)17-8-15(11-23-17)14-5-3-2-4-6-14;;/h2-7,9,12,15,17,23H,8,10-11H2,1H3,(H,25,29)(H,26,30)(H,24,27,28);2*1H/t12-,15-,17+;;/m0../s1. The molecule has 0 radical (unpaired) electrons. The molecule has 0 unspecified atom stereocenters. The third-order valence-electron chi connectivity index (χ3n) is 5.36. The number of amides is 2. The Morgan fingerprint density at radius 3 is 2.75 bits per heavy atom. The Hall–Kier alpha value is -2.39. The molecular formula is C21H25Cl3N6O2. The predicted octanol–water partition coefficient (Wildman–Crippen LogP) is 2.72. The van der Waals surface area contributed by atoms with Crippen LogP contribution in [0.1, 0.15) is 30.4 Å². The number of fused-ring (bicyclic) bond motifs is 1. The molecule has 4 rings (SSSR count). The molecule has 3 aromatic rings. The van der Waals surface area contributed by atoms with Gasteiger partial charge in [-0.05, 0) is 36.5 Å². The molecule has 3 atom stereocenters. The number of aromatic nitrogens is 3. The highest BCUT2D eigenvalue weighted by atomic mass is 35.5. The molecule has 172 valence electrons. The Balaban J connectivity index is 0.00000181. The Morgan fingerprint density at radius 2 is 2.00 bits per heavy atom. The van der Waals surface area contributed by atoms with Gasteiger partial charge in [-0.15, -0.1) is 24.8 Å². The molecule has 1 aliphatic rings. The molecule has 4 N–H and O–H groups in total.